The van der Waals surface area contributed by atoms with Crippen LogP contribution in [0.15, 0.2) is 61.1 Å². The highest BCUT2D eigenvalue weighted by atomic mass is 35.5. The minimum atomic E-state index is -0.335. The van der Waals surface area contributed by atoms with E-state index in [0.717, 1.165) is 27.7 Å². The van der Waals surface area contributed by atoms with Crippen molar-refractivity contribution in [3.8, 4) is 11.1 Å². The van der Waals surface area contributed by atoms with Crippen LogP contribution in [0.4, 0.5) is 16.0 Å². The van der Waals surface area contributed by atoms with Crippen molar-refractivity contribution in [1.29, 1.82) is 0 Å². The number of benzene rings is 2. The lowest BCUT2D eigenvalue weighted by Crippen LogP contribution is -2.10. The van der Waals surface area contributed by atoms with Crippen LogP contribution in [0, 0.1) is 5.82 Å². The fraction of sp³-hybridized carbons (Fsp3) is 0.0952. The van der Waals surface area contributed by atoms with Gasteiger partial charge in [0.15, 0.2) is 0 Å². The fourth-order valence-electron chi connectivity index (χ4n) is 3.10. The van der Waals surface area contributed by atoms with Crippen molar-refractivity contribution < 1.29 is 4.39 Å². The van der Waals surface area contributed by atoms with Crippen LogP contribution in [-0.4, -0.2) is 15.0 Å². The summed E-state index contributed by atoms with van der Waals surface area (Å²) in [6, 6.07) is 12.2. The molecule has 0 bridgehead atoms. The van der Waals surface area contributed by atoms with Crippen molar-refractivity contribution in [2.45, 2.75) is 13.0 Å². The first-order valence-electron chi connectivity index (χ1n) is 8.70. The van der Waals surface area contributed by atoms with Gasteiger partial charge in [-0.25, -0.2) is 14.4 Å². The first-order valence-corrected chi connectivity index (χ1v) is 9.08. The Morgan fingerprint density at radius 3 is 2.54 bits per heavy atom. The van der Waals surface area contributed by atoms with E-state index in [1.165, 1.54) is 6.07 Å². The van der Waals surface area contributed by atoms with E-state index in [1.54, 1.807) is 30.7 Å². The van der Waals surface area contributed by atoms with E-state index in [0.29, 0.717) is 10.6 Å². The van der Waals surface area contributed by atoms with E-state index >= 15 is 0 Å². The number of hydrogen-bond donors (Lipinski definition) is 2. The number of fused-ring (bicyclic) bond motifs is 1. The zero-order chi connectivity index (χ0) is 19.7. The van der Waals surface area contributed by atoms with Gasteiger partial charge in [0.2, 0.25) is 5.95 Å². The molecule has 7 heteroatoms. The van der Waals surface area contributed by atoms with Gasteiger partial charge >= 0.3 is 0 Å². The van der Waals surface area contributed by atoms with Crippen LogP contribution in [0.5, 0.6) is 0 Å². The molecule has 0 amide bonds. The van der Waals surface area contributed by atoms with E-state index < -0.39 is 0 Å². The molecule has 2 heterocycles. The molecule has 2 aromatic heterocycles. The highest BCUT2D eigenvalue weighted by molar-refractivity contribution is 6.34. The highest BCUT2D eigenvalue weighted by Gasteiger charge is 2.16. The van der Waals surface area contributed by atoms with Gasteiger partial charge in [-0.2, -0.15) is 0 Å². The van der Waals surface area contributed by atoms with Crippen LogP contribution >= 0.6 is 11.6 Å². The van der Waals surface area contributed by atoms with E-state index in [2.05, 4.69) is 20.3 Å². The van der Waals surface area contributed by atoms with Gasteiger partial charge in [0.05, 0.1) is 22.3 Å². The second-order valence-corrected chi connectivity index (χ2v) is 6.84. The van der Waals surface area contributed by atoms with Crippen LogP contribution in [-0.2, 0) is 0 Å². The van der Waals surface area contributed by atoms with E-state index in [9.17, 15) is 4.39 Å². The van der Waals surface area contributed by atoms with Crippen LogP contribution in [0.25, 0.3) is 22.0 Å². The predicted molar refractivity (Wildman–Crippen MR) is 111 cm³/mol. The van der Waals surface area contributed by atoms with Gasteiger partial charge in [-0.15, -0.1) is 0 Å². The summed E-state index contributed by atoms with van der Waals surface area (Å²) in [4.78, 5) is 12.3. The average Bonchev–Trinajstić information content (AvgIpc) is 2.71. The molecule has 0 fully saturated rings. The Labute approximate surface area is 166 Å². The van der Waals surface area contributed by atoms with E-state index in [-0.39, 0.29) is 17.8 Å². The SMILES string of the molecule is C[C@@H](Nc1c(Cl)cnc2ccccc12)c1cc(-c2cnc(N)nc2)ccc1F. The molecule has 3 N–H and O–H groups in total. The Morgan fingerprint density at radius 1 is 1.00 bits per heavy atom. The second-order valence-electron chi connectivity index (χ2n) is 6.43. The number of hydrogen-bond acceptors (Lipinski definition) is 5. The van der Waals surface area contributed by atoms with Crippen molar-refractivity contribution in [2.24, 2.45) is 0 Å². The third kappa shape index (κ3) is 3.46. The van der Waals surface area contributed by atoms with Gasteiger partial charge in [-0.05, 0) is 30.7 Å². The molecule has 1 atom stereocenters. The molecule has 0 aliphatic carbocycles. The molecule has 0 saturated carbocycles. The predicted octanol–water partition coefficient (Wildman–Crippen LogP) is 5.24. The van der Waals surface area contributed by atoms with E-state index in [4.69, 9.17) is 17.3 Å². The summed E-state index contributed by atoms with van der Waals surface area (Å²) in [5.41, 5.74) is 9.15. The Morgan fingerprint density at radius 2 is 1.75 bits per heavy atom. The summed E-state index contributed by atoms with van der Waals surface area (Å²) in [6.07, 6.45) is 4.83. The van der Waals surface area contributed by atoms with Gasteiger partial charge in [0.1, 0.15) is 5.82 Å². The molecule has 0 spiro atoms. The monoisotopic (exact) mass is 393 g/mol. The molecule has 0 unspecified atom stereocenters. The van der Waals surface area contributed by atoms with Crippen molar-refractivity contribution in [1.82, 2.24) is 15.0 Å². The number of nitrogens with one attached hydrogen (secondary N) is 1. The largest absolute Gasteiger partial charge is 0.377 e. The maximum Gasteiger partial charge on any atom is 0.219 e. The average molecular weight is 394 g/mol. The number of halogens is 2. The second kappa shape index (κ2) is 7.40. The molecule has 5 nitrogen and oxygen atoms in total. The molecule has 2 aromatic carbocycles. The number of pyridine rings is 1. The number of nitrogens with zero attached hydrogens (tertiary/aromatic N) is 3. The molecule has 0 aliphatic heterocycles. The molecular formula is C21H17ClFN5. The summed E-state index contributed by atoms with van der Waals surface area (Å²) in [5.74, 6) is -0.116. The number of anilines is 2. The molecule has 28 heavy (non-hydrogen) atoms. The summed E-state index contributed by atoms with van der Waals surface area (Å²) < 4.78 is 14.6. The Kier molecular flexibility index (Phi) is 4.79. The first-order chi connectivity index (χ1) is 13.5. The Balaban J connectivity index is 1.71. The molecule has 0 radical (unpaired) electrons. The number of aromatic nitrogens is 3. The van der Waals surface area contributed by atoms with Gasteiger partial charge < -0.3 is 11.1 Å². The lowest BCUT2D eigenvalue weighted by molar-refractivity contribution is 0.600. The molecule has 0 aliphatic rings. The summed E-state index contributed by atoms with van der Waals surface area (Å²) >= 11 is 6.37. The molecule has 0 saturated heterocycles. The van der Waals surface area contributed by atoms with Gasteiger partial charge in [0.25, 0.3) is 0 Å². The smallest absolute Gasteiger partial charge is 0.219 e. The zero-order valence-corrected chi connectivity index (χ0v) is 15.8. The minimum absolute atomic E-state index is 0.195. The Bertz CT molecular complexity index is 1150. The first kappa shape index (κ1) is 18.1. The minimum Gasteiger partial charge on any atom is -0.377 e. The van der Waals surface area contributed by atoms with E-state index in [1.807, 2.05) is 31.2 Å². The normalized spacial score (nSPS) is 12.1. The van der Waals surface area contributed by atoms with Crippen molar-refractivity contribution in [2.75, 3.05) is 11.1 Å². The number of rotatable bonds is 4. The topological polar surface area (TPSA) is 76.7 Å². The van der Waals surface area contributed by atoms with Crippen LogP contribution in [0.3, 0.4) is 0 Å². The summed E-state index contributed by atoms with van der Waals surface area (Å²) in [7, 11) is 0. The van der Waals surface area contributed by atoms with Crippen LogP contribution in [0.1, 0.15) is 18.5 Å². The number of para-hydroxylation sites is 1. The van der Waals surface area contributed by atoms with Crippen molar-refractivity contribution in [3.63, 3.8) is 0 Å². The highest BCUT2D eigenvalue weighted by Crippen LogP contribution is 2.34. The summed E-state index contributed by atoms with van der Waals surface area (Å²) in [5, 5.41) is 4.70. The van der Waals surface area contributed by atoms with Gasteiger partial charge in [0, 0.05) is 35.1 Å². The third-order valence-electron chi connectivity index (χ3n) is 4.56. The number of nitrogens with two attached hydrogens (primary N) is 1. The molecular weight excluding hydrogens is 377 g/mol. The van der Waals surface area contributed by atoms with Crippen molar-refractivity contribution in [3.05, 3.63) is 77.5 Å². The van der Waals surface area contributed by atoms with Gasteiger partial charge in [-0.1, -0.05) is 35.9 Å². The maximum atomic E-state index is 14.6. The van der Waals surface area contributed by atoms with Crippen LogP contribution < -0.4 is 11.1 Å². The molecule has 4 rings (SSSR count). The van der Waals surface area contributed by atoms with Crippen LogP contribution in [0.2, 0.25) is 5.02 Å². The fourth-order valence-corrected chi connectivity index (χ4v) is 3.31. The zero-order valence-electron chi connectivity index (χ0n) is 15.0. The maximum absolute atomic E-state index is 14.6. The van der Waals surface area contributed by atoms with Gasteiger partial charge in [-0.3, -0.25) is 4.98 Å². The lowest BCUT2D eigenvalue weighted by atomic mass is 10.0. The standard InChI is InChI=1S/C21H17ClFN5/c1-12(28-20-15-4-2-3-5-19(15)25-11-17(20)22)16-8-13(6-7-18(16)23)14-9-26-21(24)27-10-14/h2-12H,1H3,(H,25,28)(H2,24,26,27)/t12-/m1/s1. The summed E-state index contributed by atoms with van der Waals surface area (Å²) in [6.45, 7) is 1.88. The molecule has 140 valence electrons. The quantitative estimate of drug-likeness (QED) is 0.495. The number of nitrogen functional groups attached to an aromatic ring is 1. The van der Waals surface area contributed by atoms with Crippen molar-refractivity contribution >= 4 is 34.1 Å². The molecule has 4 aromatic rings. The Hall–Kier alpha value is -3.25. The third-order valence-corrected chi connectivity index (χ3v) is 4.84. The lowest BCUT2D eigenvalue weighted by Gasteiger charge is -2.19.